The third kappa shape index (κ3) is 44.3. The number of nitrogens with two attached hydrogens (primary N) is 2. The zero-order chi connectivity index (χ0) is 62.8. The molecule has 7 heterocycles. The first kappa shape index (κ1) is 80.1. The van der Waals surface area contributed by atoms with Crippen LogP contribution in [-0.2, 0) is 14.0 Å². The van der Waals surface area contributed by atoms with Crippen molar-refractivity contribution >= 4 is 104 Å². The molecule has 460 valence electrons. The zero-order valence-corrected chi connectivity index (χ0v) is 56.7. The van der Waals surface area contributed by atoms with Crippen molar-refractivity contribution in [1.82, 2.24) is 49.8 Å². The highest BCUT2D eigenvalue weighted by molar-refractivity contribution is 9.11. The van der Waals surface area contributed by atoms with E-state index in [4.69, 9.17) is 51.9 Å². The lowest BCUT2D eigenvalue weighted by atomic mass is 10.2. The van der Waals surface area contributed by atoms with E-state index in [2.05, 4.69) is 149 Å². The van der Waals surface area contributed by atoms with Gasteiger partial charge in [-0.05, 0) is 180 Å². The molecule has 0 amide bonds. The van der Waals surface area contributed by atoms with Crippen LogP contribution < -0.4 is 30.8 Å². The largest absolute Gasteiger partial charge is 0.569 e. The number of hydrogen-bond acceptors (Lipinski definition) is 21. The zero-order valence-electron chi connectivity index (χ0n) is 51.2. The third-order valence-corrected chi connectivity index (χ3v) is 11.2. The summed E-state index contributed by atoms with van der Waals surface area (Å²) in [5.41, 5.74) is 12.6. The quantitative estimate of drug-likeness (QED) is 0.0354. The maximum Gasteiger partial charge on any atom is 0.569 e. The van der Waals surface area contributed by atoms with E-state index < -0.39 is 0 Å². The van der Waals surface area contributed by atoms with Gasteiger partial charge in [-0.25, -0.2) is 49.8 Å². The summed E-state index contributed by atoms with van der Waals surface area (Å²) in [4.78, 5) is 47.0. The van der Waals surface area contributed by atoms with Gasteiger partial charge in [-0.1, -0.05) is 45.2 Å². The van der Waals surface area contributed by atoms with Crippen molar-refractivity contribution in [2.75, 3.05) is 78.6 Å². The van der Waals surface area contributed by atoms with E-state index in [0.717, 1.165) is 89.2 Å². The van der Waals surface area contributed by atoms with E-state index in [9.17, 15) is 0 Å². The number of nitrogens with zero attached hydrogens (tertiary/aromatic N) is 13. The fourth-order valence-corrected chi connectivity index (χ4v) is 6.51. The molecule has 1 aliphatic heterocycles. The van der Waals surface area contributed by atoms with E-state index in [0.29, 0.717) is 31.0 Å². The minimum Gasteiger partial charge on any atom is -0.535 e. The number of pyridine rings is 2. The first-order chi connectivity index (χ1) is 39.7. The Hall–Kier alpha value is -4.92. The van der Waals surface area contributed by atoms with E-state index >= 15 is 0 Å². The van der Waals surface area contributed by atoms with Gasteiger partial charge in [-0.3, -0.25) is 0 Å². The highest BCUT2D eigenvalue weighted by atomic mass is 79.9. The Kier molecular flexibility index (Phi) is 50.8. The molecule has 0 bridgehead atoms. The van der Waals surface area contributed by atoms with Gasteiger partial charge in [0, 0.05) is 114 Å². The van der Waals surface area contributed by atoms with Gasteiger partial charge < -0.3 is 55.0 Å². The molecule has 6 N–H and O–H groups in total. The van der Waals surface area contributed by atoms with Gasteiger partial charge in [-0.15, -0.1) is 0 Å². The molecular weight excluding hydrogens is 1280 g/mol. The second kappa shape index (κ2) is 52.6. The van der Waals surface area contributed by atoms with E-state index in [1.54, 1.807) is 63.2 Å². The van der Waals surface area contributed by atoms with Gasteiger partial charge in [0.2, 0.25) is 23.1 Å². The number of halogens is 4. The Labute approximate surface area is 527 Å². The van der Waals surface area contributed by atoms with Crippen LogP contribution in [0.5, 0.6) is 5.75 Å². The molecule has 21 nitrogen and oxygen atoms in total. The van der Waals surface area contributed by atoms with Crippen LogP contribution in [0, 0.1) is 0 Å². The lowest BCUT2D eigenvalue weighted by Gasteiger charge is -2.18. The van der Waals surface area contributed by atoms with Crippen molar-refractivity contribution < 1.29 is 28.8 Å². The molecule has 7 rings (SSSR count). The molecule has 0 aromatic carbocycles. The molecule has 27 heteroatoms. The lowest BCUT2D eigenvalue weighted by Crippen LogP contribution is -2.24. The summed E-state index contributed by atoms with van der Waals surface area (Å²) < 4.78 is 22.2. The number of aromatic nitrogens is 10. The van der Waals surface area contributed by atoms with Crippen LogP contribution in [-0.4, -0.2) is 146 Å². The fraction of sp³-hybridized carbons (Fsp3) is 0.536. The van der Waals surface area contributed by atoms with Gasteiger partial charge in [0.05, 0.1) is 27.0 Å². The Bertz CT molecular complexity index is 2350. The van der Waals surface area contributed by atoms with Crippen molar-refractivity contribution in [2.24, 2.45) is 0 Å². The summed E-state index contributed by atoms with van der Waals surface area (Å²) in [5.74, 6) is 3.67. The van der Waals surface area contributed by atoms with Gasteiger partial charge in [0.15, 0.2) is 0 Å². The monoisotopic (exact) mass is 1360 g/mol. The van der Waals surface area contributed by atoms with Crippen molar-refractivity contribution in [3.05, 3.63) is 105 Å². The molecule has 0 saturated carbocycles. The molecule has 2 radical (unpaired) electrons. The number of aliphatic hydroxyl groups excluding tert-OH is 1. The normalized spacial score (nSPS) is 10.6. The van der Waals surface area contributed by atoms with Crippen LogP contribution in [0.25, 0.3) is 11.3 Å². The highest BCUT2D eigenvalue weighted by Gasteiger charge is 2.08. The van der Waals surface area contributed by atoms with Crippen molar-refractivity contribution in [2.45, 2.75) is 147 Å². The van der Waals surface area contributed by atoms with Crippen molar-refractivity contribution in [1.29, 1.82) is 0 Å². The maximum absolute atomic E-state index is 8.38. The average Bonchev–Trinajstić information content (AvgIpc) is 4.06. The van der Waals surface area contributed by atoms with Gasteiger partial charge in [0.1, 0.15) is 22.0 Å². The molecule has 0 spiro atoms. The number of hydrogen-bond donors (Lipinski definition) is 4. The number of aliphatic hydroxyl groups is 1. The van der Waals surface area contributed by atoms with Crippen LogP contribution >= 0.6 is 59.4 Å². The summed E-state index contributed by atoms with van der Waals surface area (Å²) >= 11 is 15.0. The summed E-state index contributed by atoms with van der Waals surface area (Å²) in [6.45, 7) is 35.5. The molecule has 0 atom stereocenters. The van der Waals surface area contributed by atoms with Crippen LogP contribution in [0.15, 0.2) is 99.5 Å². The van der Waals surface area contributed by atoms with E-state index in [-0.39, 0.29) is 23.6 Å². The maximum atomic E-state index is 8.38. The molecule has 0 unspecified atom stereocenters. The fourth-order valence-electron chi connectivity index (χ4n) is 5.65. The average molecular weight is 1370 g/mol. The van der Waals surface area contributed by atoms with Crippen LogP contribution in [0.4, 0.5) is 29.5 Å². The number of anilines is 5. The SMILES string of the molecule is C1CCOC1.CC(C)O.CC(C)O[B]OC(C)C.CCCCC.CCN(CC)c1ncc(-c2cccc(N)n2)cn1.CCN(CC)c1ncc(Br)cn1.CCN(CC)c1ncc(O[B]O)cn1.Clc1ncc(Br)cn1.Nc1cccc(Br)n1. The third-order valence-electron chi connectivity index (χ3n) is 9.77. The van der Waals surface area contributed by atoms with Crippen LogP contribution in [0.3, 0.4) is 0 Å². The topological polar surface area (TPSA) is 268 Å². The second-order valence-corrected chi connectivity index (χ2v) is 20.6. The standard InChI is InChI=1S/C13H17N5.C8H13BN3O2.C8H12BrN3.C6H14BO2.C5H5BrN2.C5H12.C4H2BrClN2.C4H8O.C3H8O/c1-3-18(4-2)13-15-8-10(9-16-13)11-6-5-7-12(14)17-11;1-3-12(4-2)8-10-5-7(6-11-8)14-9-13;1-3-12(4-2)8-10-5-7(9)6-11-8;1-5(2)8-7-9-6(3)4;6-4-2-1-3-5(7)8-4;1-3-5-4-2;5-3-1-7-4(6)8-2-3;1-2-4-5-3-1;1-3(2)4/h5-9H,3-4H2,1-2H3,(H2,14,17);5-6,13H,3-4H2,1-2H3;5-6H,3-4H2,1-2H3;5-6H,1-4H3;1-3H,(H2,7,8);3-5H2,1-2H3;1-2H;1-4H2;3-4H,1-2H3. The Morgan fingerprint density at radius 1 is 0.578 bits per heavy atom. The summed E-state index contributed by atoms with van der Waals surface area (Å²) in [6.07, 6.45) is 20.2. The Morgan fingerprint density at radius 3 is 1.24 bits per heavy atom. The molecule has 0 aliphatic carbocycles. The number of nitrogen functional groups attached to an aromatic ring is 2. The minimum atomic E-state index is -0.167. The highest BCUT2D eigenvalue weighted by Crippen LogP contribution is 2.18. The lowest BCUT2D eigenvalue weighted by molar-refractivity contribution is 0.152. The Morgan fingerprint density at radius 2 is 0.952 bits per heavy atom. The number of rotatable bonds is 18. The van der Waals surface area contributed by atoms with Crippen molar-refractivity contribution in [3.63, 3.8) is 0 Å². The summed E-state index contributed by atoms with van der Waals surface area (Å²) in [6, 6.07) is 10.9. The first-order valence-corrected chi connectivity index (χ1v) is 30.6. The van der Waals surface area contributed by atoms with E-state index in [1.165, 1.54) is 52.2 Å². The molecule has 1 aliphatic rings. The molecular formula is C56H91B2Br3ClN15O6. The van der Waals surface area contributed by atoms with E-state index in [1.807, 2.05) is 70.7 Å². The summed E-state index contributed by atoms with van der Waals surface area (Å²) in [5, 5.41) is 16.7. The first-order valence-electron chi connectivity index (χ1n) is 27.8. The predicted molar refractivity (Wildman–Crippen MR) is 353 cm³/mol. The minimum absolute atomic E-state index is 0.167. The van der Waals surface area contributed by atoms with Gasteiger partial charge in [0.25, 0.3) is 0 Å². The van der Waals surface area contributed by atoms with Gasteiger partial charge >= 0.3 is 15.4 Å². The summed E-state index contributed by atoms with van der Waals surface area (Å²) in [7, 11) is 2.01. The predicted octanol–water partition coefficient (Wildman–Crippen LogP) is 12.4. The van der Waals surface area contributed by atoms with Crippen LogP contribution in [0.1, 0.15) is 129 Å². The number of ether oxygens (including phenoxy) is 1. The Balaban J connectivity index is 0. The van der Waals surface area contributed by atoms with Gasteiger partial charge in [-0.2, -0.15) is 0 Å². The molecule has 1 fully saturated rings. The molecule has 1 saturated heterocycles. The molecule has 6 aromatic heterocycles. The smallest absolute Gasteiger partial charge is 0.535 e. The number of unbranched alkanes of at least 4 members (excludes halogenated alkanes) is 2. The van der Waals surface area contributed by atoms with Crippen molar-refractivity contribution in [3.8, 4) is 17.0 Å². The molecule has 6 aromatic rings. The second-order valence-electron chi connectivity index (χ2n) is 17.7. The molecule has 83 heavy (non-hydrogen) atoms. The van der Waals surface area contributed by atoms with Crippen LogP contribution in [0.2, 0.25) is 5.28 Å².